The van der Waals surface area contributed by atoms with Crippen LogP contribution in [0.4, 0.5) is 0 Å². The molecule has 2 aromatic carbocycles. The molecule has 23 heavy (non-hydrogen) atoms. The molecule has 0 spiro atoms. The van der Waals surface area contributed by atoms with E-state index in [2.05, 4.69) is 0 Å². The Morgan fingerprint density at radius 3 is 2.17 bits per heavy atom. The zero-order valence-electron chi connectivity index (χ0n) is 13.5. The van der Waals surface area contributed by atoms with Gasteiger partial charge in [-0.3, -0.25) is 4.21 Å². The zero-order chi connectivity index (χ0) is 17.0. The smallest absolute Gasteiger partial charge is 0.242 e. The monoisotopic (exact) mass is 351 g/mol. The number of nitrogens with zero attached hydrogens (tertiary/aromatic N) is 1. The molecular weight excluding hydrogens is 330 g/mol. The lowest BCUT2D eigenvalue weighted by Gasteiger charge is -2.12. The zero-order valence-corrected chi connectivity index (χ0v) is 15.2. The van der Waals surface area contributed by atoms with Gasteiger partial charge in [-0.2, -0.15) is 0 Å². The minimum Gasteiger partial charge on any atom is -0.259 e. The Kier molecular flexibility index (Phi) is 5.73. The Labute approximate surface area is 140 Å². The van der Waals surface area contributed by atoms with E-state index < -0.39 is 20.8 Å². The van der Waals surface area contributed by atoms with E-state index in [1.165, 1.54) is 24.0 Å². The van der Waals surface area contributed by atoms with E-state index in [4.69, 9.17) is 0 Å². The molecule has 0 amide bonds. The van der Waals surface area contributed by atoms with Crippen molar-refractivity contribution in [2.75, 3.05) is 14.1 Å². The molecule has 0 aliphatic heterocycles. The van der Waals surface area contributed by atoms with E-state index in [0.717, 1.165) is 11.1 Å². The Morgan fingerprint density at radius 2 is 1.57 bits per heavy atom. The maximum atomic E-state index is 12.3. The molecule has 0 fully saturated rings. The van der Waals surface area contributed by atoms with Gasteiger partial charge in [0.25, 0.3) is 0 Å². The van der Waals surface area contributed by atoms with Crippen LogP contribution in [0.3, 0.4) is 0 Å². The summed E-state index contributed by atoms with van der Waals surface area (Å²) in [6, 6.07) is 14.6. The first-order valence-electron chi connectivity index (χ1n) is 7.21. The van der Waals surface area contributed by atoms with Gasteiger partial charge < -0.3 is 0 Å². The SMILES string of the molecule is Cc1ccc(CS(=O)Cc2cccc(S(=O)(=O)N(C)C)c2)cc1. The van der Waals surface area contributed by atoms with Crippen LogP contribution in [0.5, 0.6) is 0 Å². The van der Waals surface area contributed by atoms with Crippen LogP contribution in [0.25, 0.3) is 0 Å². The maximum absolute atomic E-state index is 12.3. The predicted molar refractivity (Wildman–Crippen MR) is 94.0 cm³/mol. The van der Waals surface area contributed by atoms with Crippen molar-refractivity contribution in [2.45, 2.75) is 23.3 Å². The summed E-state index contributed by atoms with van der Waals surface area (Å²) in [4.78, 5) is 0.229. The first-order valence-corrected chi connectivity index (χ1v) is 10.1. The van der Waals surface area contributed by atoms with Gasteiger partial charge in [0.2, 0.25) is 10.0 Å². The molecule has 124 valence electrons. The Morgan fingerprint density at radius 1 is 0.957 bits per heavy atom. The summed E-state index contributed by atoms with van der Waals surface area (Å²) in [6.07, 6.45) is 0. The lowest BCUT2D eigenvalue weighted by molar-refractivity contribution is 0.520. The second-order valence-corrected chi connectivity index (χ2v) is 9.26. The molecule has 0 radical (unpaired) electrons. The van der Waals surface area contributed by atoms with Gasteiger partial charge in [-0.1, -0.05) is 42.0 Å². The van der Waals surface area contributed by atoms with Crippen molar-refractivity contribution in [3.8, 4) is 0 Å². The van der Waals surface area contributed by atoms with Crippen LogP contribution in [0.1, 0.15) is 16.7 Å². The standard InChI is InChI=1S/C17H21NO3S2/c1-14-7-9-15(10-8-14)12-22(19)13-16-5-4-6-17(11-16)23(20,21)18(2)3/h4-11H,12-13H2,1-3H3. The first-order chi connectivity index (χ1) is 10.8. The molecule has 0 saturated heterocycles. The second-order valence-electron chi connectivity index (χ2n) is 5.65. The number of rotatable bonds is 6. The van der Waals surface area contributed by atoms with E-state index >= 15 is 0 Å². The molecule has 0 bridgehead atoms. The van der Waals surface area contributed by atoms with Gasteiger partial charge in [0.15, 0.2) is 0 Å². The summed E-state index contributed by atoms with van der Waals surface area (Å²) in [5.74, 6) is 0.801. The largest absolute Gasteiger partial charge is 0.259 e. The van der Waals surface area contributed by atoms with Gasteiger partial charge >= 0.3 is 0 Å². The molecular formula is C17H21NO3S2. The van der Waals surface area contributed by atoms with Crippen molar-refractivity contribution in [1.29, 1.82) is 0 Å². The fourth-order valence-electron chi connectivity index (χ4n) is 2.11. The normalized spacial score (nSPS) is 13.2. The molecule has 0 saturated carbocycles. The van der Waals surface area contributed by atoms with E-state index in [9.17, 15) is 12.6 Å². The van der Waals surface area contributed by atoms with Gasteiger partial charge in [0.1, 0.15) is 0 Å². The maximum Gasteiger partial charge on any atom is 0.242 e. The highest BCUT2D eigenvalue weighted by atomic mass is 32.2. The summed E-state index contributed by atoms with van der Waals surface area (Å²) in [5, 5.41) is 0. The van der Waals surface area contributed by atoms with Crippen LogP contribution < -0.4 is 0 Å². The van der Waals surface area contributed by atoms with E-state index in [-0.39, 0.29) is 4.90 Å². The van der Waals surface area contributed by atoms with Crippen LogP contribution in [-0.2, 0) is 32.3 Å². The Bertz CT molecular complexity index is 797. The third-order valence-corrected chi connectivity index (χ3v) is 6.57. The summed E-state index contributed by atoms with van der Waals surface area (Å²) in [7, 11) is -1.55. The van der Waals surface area contributed by atoms with Crippen LogP contribution >= 0.6 is 0 Å². The molecule has 0 aromatic heterocycles. The van der Waals surface area contributed by atoms with Crippen LogP contribution in [0, 0.1) is 6.92 Å². The summed E-state index contributed by atoms with van der Waals surface area (Å²) >= 11 is 0. The number of benzene rings is 2. The number of hydrogen-bond donors (Lipinski definition) is 0. The predicted octanol–water partition coefficient (Wildman–Crippen LogP) is 2.69. The van der Waals surface area contributed by atoms with Gasteiger partial charge in [-0.15, -0.1) is 0 Å². The van der Waals surface area contributed by atoms with Crippen molar-refractivity contribution in [2.24, 2.45) is 0 Å². The lowest BCUT2D eigenvalue weighted by atomic mass is 10.2. The number of sulfonamides is 1. The van der Waals surface area contributed by atoms with Crippen molar-refractivity contribution < 1.29 is 12.6 Å². The third kappa shape index (κ3) is 4.73. The highest BCUT2D eigenvalue weighted by molar-refractivity contribution is 7.89. The second kappa shape index (κ2) is 7.38. The molecule has 6 heteroatoms. The Balaban J connectivity index is 2.11. The molecule has 1 unspecified atom stereocenters. The summed E-state index contributed by atoms with van der Waals surface area (Å²) < 4.78 is 37.8. The molecule has 0 aliphatic carbocycles. The molecule has 2 aromatic rings. The molecule has 0 aliphatic rings. The third-order valence-electron chi connectivity index (χ3n) is 3.45. The lowest BCUT2D eigenvalue weighted by Crippen LogP contribution is -2.22. The number of aryl methyl sites for hydroxylation is 1. The van der Waals surface area contributed by atoms with E-state index in [1.54, 1.807) is 18.2 Å². The highest BCUT2D eigenvalue weighted by Gasteiger charge is 2.17. The number of hydrogen-bond acceptors (Lipinski definition) is 3. The average molecular weight is 351 g/mol. The summed E-state index contributed by atoms with van der Waals surface area (Å²) in [6.45, 7) is 2.01. The highest BCUT2D eigenvalue weighted by Crippen LogP contribution is 2.17. The van der Waals surface area contributed by atoms with Gasteiger partial charge in [-0.05, 0) is 30.2 Å². The topological polar surface area (TPSA) is 54.5 Å². The van der Waals surface area contributed by atoms with E-state index in [1.807, 2.05) is 37.3 Å². The van der Waals surface area contributed by atoms with Gasteiger partial charge in [0.05, 0.1) is 4.90 Å². The minimum atomic E-state index is -3.46. The van der Waals surface area contributed by atoms with Crippen molar-refractivity contribution in [3.05, 3.63) is 65.2 Å². The average Bonchev–Trinajstić information content (AvgIpc) is 2.49. The van der Waals surface area contributed by atoms with Crippen LogP contribution in [0.2, 0.25) is 0 Å². The van der Waals surface area contributed by atoms with Gasteiger partial charge in [-0.25, -0.2) is 12.7 Å². The first kappa shape index (κ1) is 17.8. The molecule has 4 nitrogen and oxygen atoms in total. The quantitative estimate of drug-likeness (QED) is 0.804. The Hall–Kier alpha value is -1.50. The van der Waals surface area contributed by atoms with Crippen LogP contribution in [0.15, 0.2) is 53.4 Å². The van der Waals surface area contributed by atoms with Gasteiger partial charge in [0, 0.05) is 36.4 Å². The molecule has 1 atom stereocenters. The molecule has 0 N–H and O–H groups in total. The van der Waals surface area contributed by atoms with Crippen molar-refractivity contribution in [3.63, 3.8) is 0 Å². The minimum absolute atomic E-state index is 0.229. The van der Waals surface area contributed by atoms with Crippen molar-refractivity contribution in [1.82, 2.24) is 4.31 Å². The summed E-state index contributed by atoms with van der Waals surface area (Å²) in [5.41, 5.74) is 2.95. The molecule has 0 heterocycles. The van der Waals surface area contributed by atoms with Crippen LogP contribution in [-0.4, -0.2) is 31.0 Å². The van der Waals surface area contributed by atoms with Crippen molar-refractivity contribution >= 4 is 20.8 Å². The fraction of sp³-hybridized carbons (Fsp3) is 0.294. The molecule has 2 rings (SSSR count). The van der Waals surface area contributed by atoms with E-state index in [0.29, 0.717) is 11.5 Å². The fourth-order valence-corrected chi connectivity index (χ4v) is 4.30.